The van der Waals surface area contributed by atoms with Gasteiger partial charge in [-0.2, -0.15) is 8.78 Å². The van der Waals surface area contributed by atoms with E-state index in [9.17, 15) is 18.0 Å². The molecule has 0 aromatic heterocycles. The molecule has 0 bridgehead atoms. The molecule has 1 rings (SSSR count). The first-order valence-corrected chi connectivity index (χ1v) is 4.15. The molecule has 0 atom stereocenters. The lowest BCUT2D eigenvalue weighted by Gasteiger charge is -2.16. The van der Waals surface area contributed by atoms with Crippen LogP contribution in [0.3, 0.4) is 0 Å². The van der Waals surface area contributed by atoms with Crippen molar-refractivity contribution >= 4 is 6.29 Å². The molecule has 0 spiro atoms. The van der Waals surface area contributed by atoms with Gasteiger partial charge in [0, 0.05) is 12.0 Å². The summed E-state index contributed by atoms with van der Waals surface area (Å²) in [5, 5.41) is 0. The Morgan fingerprint density at radius 1 is 1.33 bits per heavy atom. The lowest BCUT2D eigenvalue weighted by molar-refractivity contribution is -0.186. The normalized spacial score (nSPS) is 11.1. The van der Waals surface area contributed by atoms with Gasteiger partial charge in [-0.15, -0.1) is 0 Å². The fraction of sp³-hybridized carbons (Fsp3) is 0.300. The lowest BCUT2D eigenvalue weighted by atomic mass is 10.1. The second-order valence-electron chi connectivity index (χ2n) is 2.80. The molecule has 2 nitrogen and oxygen atoms in total. The number of halogens is 3. The Kier molecular flexibility index (Phi) is 3.71. The summed E-state index contributed by atoms with van der Waals surface area (Å²) in [5.74, 6) is -0.205. The van der Waals surface area contributed by atoms with Gasteiger partial charge in [-0.05, 0) is 6.07 Å². The number of rotatable bonds is 5. The van der Waals surface area contributed by atoms with Gasteiger partial charge in [0.05, 0.1) is 0 Å². The minimum atomic E-state index is -3.86. The van der Waals surface area contributed by atoms with E-state index in [1.807, 2.05) is 0 Å². The fourth-order valence-corrected chi connectivity index (χ4v) is 1.02. The predicted molar refractivity (Wildman–Crippen MR) is 47.4 cm³/mol. The van der Waals surface area contributed by atoms with Crippen molar-refractivity contribution in [2.45, 2.75) is 12.5 Å². The summed E-state index contributed by atoms with van der Waals surface area (Å²) in [6.07, 6.45) is -2.47. The largest absolute Gasteiger partial charge is 0.430 e. The lowest BCUT2D eigenvalue weighted by Crippen LogP contribution is -2.27. The zero-order valence-electron chi connectivity index (χ0n) is 7.67. The molecule has 0 aliphatic heterocycles. The standard InChI is InChI=1S/C10H8F3O2/c11-7-10(12,13)15-9-4-2-1-3-8(9)5-6-14/h1-4H,5,7H2. The van der Waals surface area contributed by atoms with E-state index in [0.717, 1.165) is 0 Å². The summed E-state index contributed by atoms with van der Waals surface area (Å²) < 4.78 is 41.1. The molecular weight excluding hydrogens is 209 g/mol. The number of hydrogen-bond donors (Lipinski definition) is 0. The van der Waals surface area contributed by atoms with Crippen LogP contribution in [0.5, 0.6) is 5.75 Å². The molecule has 0 aliphatic carbocycles. The molecule has 0 N–H and O–H groups in total. The highest BCUT2D eigenvalue weighted by atomic mass is 19.3. The molecule has 0 heterocycles. The van der Waals surface area contributed by atoms with Gasteiger partial charge in [0.1, 0.15) is 5.75 Å². The van der Waals surface area contributed by atoms with E-state index >= 15 is 0 Å². The van der Waals surface area contributed by atoms with Crippen LogP contribution in [0.4, 0.5) is 13.2 Å². The van der Waals surface area contributed by atoms with Crippen molar-refractivity contribution in [2.24, 2.45) is 0 Å². The molecule has 1 radical (unpaired) electrons. The topological polar surface area (TPSA) is 26.3 Å². The van der Waals surface area contributed by atoms with Gasteiger partial charge >= 0.3 is 6.11 Å². The number of hydrogen-bond acceptors (Lipinski definition) is 2. The van der Waals surface area contributed by atoms with Gasteiger partial charge in [-0.3, -0.25) is 4.79 Å². The SMILES string of the molecule is O=[C]Cc1ccccc1OC(F)(F)CF. The molecule has 0 fully saturated rings. The van der Waals surface area contributed by atoms with Gasteiger partial charge in [0.15, 0.2) is 6.67 Å². The second kappa shape index (κ2) is 4.82. The fourth-order valence-electron chi connectivity index (χ4n) is 1.02. The third-order valence-corrected chi connectivity index (χ3v) is 1.65. The number of alkyl halides is 3. The zero-order valence-corrected chi connectivity index (χ0v) is 7.67. The van der Waals surface area contributed by atoms with Crippen molar-refractivity contribution in [2.75, 3.05) is 6.67 Å². The highest BCUT2D eigenvalue weighted by Gasteiger charge is 2.32. The summed E-state index contributed by atoms with van der Waals surface area (Å²) in [5.41, 5.74) is 0.251. The average Bonchev–Trinajstić information content (AvgIpc) is 2.21. The second-order valence-corrected chi connectivity index (χ2v) is 2.80. The molecule has 0 unspecified atom stereocenters. The van der Waals surface area contributed by atoms with Crippen LogP contribution in [0.25, 0.3) is 0 Å². The Hall–Kier alpha value is -1.52. The number of para-hydroxylation sites is 1. The summed E-state index contributed by atoms with van der Waals surface area (Å²) in [6.45, 7) is -1.91. The van der Waals surface area contributed by atoms with Gasteiger partial charge < -0.3 is 4.74 Å². The molecule has 15 heavy (non-hydrogen) atoms. The maximum Gasteiger partial charge on any atom is 0.427 e. The summed E-state index contributed by atoms with van der Waals surface area (Å²) >= 11 is 0. The van der Waals surface area contributed by atoms with Crippen LogP contribution in [0, 0.1) is 0 Å². The summed E-state index contributed by atoms with van der Waals surface area (Å²) in [7, 11) is 0. The van der Waals surface area contributed by atoms with E-state index in [1.165, 1.54) is 18.2 Å². The summed E-state index contributed by atoms with van der Waals surface area (Å²) in [4.78, 5) is 10.1. The van der Waals surface area contributed by atoms with Crippen molar-refractivity contribution in [3.8, 4) is 5.75 Å². The Labute approximate surface area is 84.7 Å². The molecule has 5 heteroatoms. The molecule has 81 valence electrons. The quantitative estimate of drug-likeness (QED) is 0.756. The van der Waals surface area contributed by atoms with Crippen LogP contribution >= 0.6 is 0 Å². The maximum absolute atomic E-state index is 12.6. The van der Waals surface area contributed by atoms with Crippen molar-refractivity contribution < 1.29 is 22.7 Å². The molecule has 1 aromatic rings. The molecule has 0 saturated carbocycles. The highest BCUT2D eigenvalue weighted by molar-refractivity contribution is 5.58. The third-order valence-electron chi connectivity index (χ3n) is 1.65. The van der Waals surface area contributed by atoms with E-state index < -0.39 is 12.8 Å². The van der Waals surface area contributed by atoms with Crippen molar-refractivity contribution in [1.82, 2.24) is 0 Å². The van der Waals surface area contributed by atoms with Gasteiger partial charge in [0.2, 0.25) is 6.29 Å². The molecule has 0 aliphatic rings. The zero-order chi connectivity index (χ0) is 11.3. The van der Waals surface area contributed by atoms with Crippen molar-refractivity contribution in [1.29, 1.82) is 0 Å². The molecule has 0 amide bonds. The van der Waals surface area contributed by atoms with Crippen LogP contribution < -0.4 is 4.74 Å². The van der Waals surface area contributed by atoms with Crippen LogP contribution in [0.1, 0.15) is 5.56 Å². The van der Waals surface area contributed by atoms with Gasteiger partial charge in [-0.25, -0.2) is 4.39 Å². The summed E-state index contributed by atoms with van der Waals surface area (Å²) in [6, 6.07) is 5.70. The first-order chi connectivity index (χ1) is 7.09. The predicted octanol–water partition coefficient (Wildman–Crippen LogP) is 2.28. The van der Waals surface area contributed by atoms with E-state index in [2.05, 4.69) is 4.74 Å². The highest BCUT2D eigenvalue weighted by Crippen LogP contribution is 2.25. The van der Waals surface area contributed by atoms with Crippen molar-refractivity contribution in [3.63, 3.8) is 0 Å². The van der Waals surface area contributed by atoms with Crippen molar-refractivity contribution in [3.05, 3.63) is 29.8 Å². The minimum absolute atomic E-state index is 0.168. The van der Waals surface area contributed by atoms with E-state index in [4.69, 9.17) is 0 Å². The Balaban J connectivity index is 2.88. The molecule has 1 aromatic carbocycles. The molecular formula is C10H8F3O2. The number of benzene rings is 1. The maximum atomic E-state index is 12.6. The van der Waals surface area contributed by atoms with Gasteiger partial charge in [0.25, 0.3) is 0 Å². The van der Waals surface area contributed by atoms with E-state index in [-0.39, 0.29) is 17.7 Å². The Morgan fingerprint density at radius 3 is 2.60 bits per heavy atom. The first kappa shape index (κ1) is 11.6. The third kappa shape index (κ3) is 3.27. The van der Waals surface area contributed by atoms with Crippen LogP contribution in [0.2, 0.25) is 0 Å². The van der Waals surface area contributed by atoms with Gasteiger partial charge in [-0.1, -0.05) is 18.2 Å². The minimum Gasteiger partial charge on any atom is -0.430 e. The number of carbonyl (C=O) groups excluding carboxylic acids is 1. The Bertz CT molecular complexity index is 339. The average molecular weight is 217 g/mol. The van der Waals surface area contributed by atoms with Crippen LogP contribution in [-0.2, 0) is 11.2 Å². The van der Waals surface area contributed by atoms with E-state index in [1.54, 1.807) is 12.4 Å². The van der Waals surface area contributed by atoms with E-state index in [0.29, 0.717) is 0 Å². The van der Waals surface area contributed by atoms with Crippen LogP contribution in [0.15, 0.2) is 24.3 Å². The number of ether oxygens (including phenoxy) is 1. The first-order valence-electron chi connectivity index (χ1n) is 4.15. The monoisotopic (exact) mass is 217 g/mol. The molecule has 0 saturated heterocycles. The smallest absolute Gasteiger partial charge is 0.427 e. The van der Waals surface area contributed by atoms with Crippen LogP contribution in [-0.4, -0.2) is 19.1 Å². The Morgan fingerprint density at radius 2 is 2.00 bits per heavy atom.